The molecule has 0 spiro atoms. The normalized spacial score (nSPS) is 10.8. The van der Waals surface area contributed by atoms with E-state index in [1.165, 1.54) is 48.5 Å². The molecule has 0 radical (unpaired) electrons. The van der Waals surface area contributed by atoms with Gasteiger partial charge in [-0.1, -0.05) is 54.6 Å². The number of alkyl halides is 3. The van der Waals surface area contributed by atoms with Gasteiger partial charge in [0.25, 0.3) is 0 Å². The number of nitrogens with zero attached hydrogens (tertiary/aromatic N) is 12. The van der Waals surface area contributed by atoms with Crippen LogP contribution in [0.3, 0.4) is 0 Å². The van der Waals surface area contributed by atoms with Crippen molar-refractivity contribution in [1.29, 1.82) is 52.6 Å². The zero-order valence-corrected chi connectivity index (χ0v) is 44.2. The van der Waals surface area contributed by atoms with Gasteiger partial charge in [0.05, 0.1) is 144 Å². The number of halogens is 3. The second-order valence-electron chi connectivity index (χ2n) is 19.9. The lowest BCUT2D eigenvalue weighted by atomic mass is 9.94. The van der Waals surface area contributed by atoms with E-state index in [0.29, 0.717) is 88.1 Å². The molecule has 12 rings (SSSR count). The Balaban J connectivity index is 1.22. The van der Waals surface area contributed by atoms with Crippen LogP contribution in [0.1, 0.15) is 61.2 Å². The van der Waals surface area contributed by atoms with Crippen molar-refractivity contribution in [1.82, 2.24) is 9.13 Å². The Morgan fingerprint density at radius 3 is 0.802 bits per heavy atom. The molecule has 10 aromatic carbocycles. The molecule has 12 nitrogen and oxygen atoms in total. The lowest BCUT2D eigenvalue weighted by molar-refractivity contribution is -0.137. The van der Waals surface area contributed by atoms with Gasteiger partial charge in [-0.3, -0.25) is 0 Å². The van der Waals surface area contributed by atoms with Crippen LogP contribution in [0.4, 0.5) is 13.2 Å². The Hall–Kier alpha value is -13.5. The van der Waals surface area contributed by atoms with Crippen molar-refractivity contribution >= 4 is 43.6 Å². The number of hydrogen-bond acceptors (Lipinski definition) is 10. The fourth-order valence-corrected chi connectivity index (χ4v) is 11.4. The Bertz CT molecular complexity index is 4930. The van der Waals surface area contributed by atoms with Crippen LogP contribution in [0.25, 0.3) is 111 Å². The van der Waals surface area contributed by atoms with Gasteiger partial charge in [-0.05, 0) is 177 Å². The molecule has 86 heavy (non-hydrogen) atoms. The summed E-state index contributed by atoms with van der Waals surface area (Å²) in [6.07, 6.45) is -4.99. The smallest absolute Gasteiger partial charge is 0.308 e. The predicted molar refractivity (Wildman–Crippen MR) is 314 cm³/mol. The molecule has 0 amide bonds. The molecule has 2 aromatic heterocycles. The van der Waals surface area contributed by atoms with E-state index in [0.717, 1.165) is 6.07 Å². The second kappa shape index (κ2) is 20.9. The van der Waals surface area contributed by atoms with Crippen LogP contribution < -0.4 is 0 Å². The fraction of sp³-hybridized carbons (Fsp3) is 0.0141. The summed E-state index contributed by atoms with van der Waals surface area (Å²) in [4.78, 5) is 0. The molecule has 0 unspecified atom stereocenters. The molecule has 394 valence electrons. The first-order valence-electron chi connectivity index (χ1n) is 25.9. The van der Waals surface area contributed by atoms with Crippen molar-refractivity contribution in [2.75, 3.05) is 0 Å². The van der Waals surface area contributed by atoms with Gasteiger partial charge in [-0.2, -0.15) is 65.8 Å². The van der Waals surface area contributed by atoms with E-state index >= 15 is 13.2 Å². The number of rotatable bonds is 7. The van der Waals surface area contributed by atoms with Crippen LogP contribution in [0.15, 0.2) is 176 Å². The summed E-state index contributed by atoms with van der Waals surface area (Å²) in [5, 5.41) is 104. The molecule has 0 saturated heterocycles. The third-order valence-corrected chi connectivity index (χ3v) is 15.3. The van der Waals surface area contributed by atoms with Gasteiger partial charge in [0, 0.05) is 21.5 Å². The van der Waals surface area contributed by atoms with Crippen molar-refractivity contribution in [2.45, 2.75) is 6.18 Å². The minimum absolute atomic E-state index is 0.00252. The van der Waals surface area contributed by atoms with E-state index in [1.807, 2.05) is 30.3 Å². The molecule has 12 aromatic rings. The maximum absolute atomic E-state index is 15.6. The van der Waals surface area contributed by atoms with Crippen LogP contribution >= 0.6 is 0 Å². The molecule has 0 N–H and O–H groups in total. The monoisotopic (exact) mass is 1110 g/mol. The van der Waals surface area contributed by atoms with E-state index in [1.54, 1.807) is 106 Å². The first kappa shape index (κ1) is 53.1. The number of benzene rings is 10. The highest BCUT2D eigenvalue weighted by Gasteiger charge is 2.35. The molecule has 0 bridgehead atoms. The maximum atomic E-state index is 15.6. The summed E-state index contributed by atoms with van der Waals surface area (Å²) < 4.78 is 50.2. The minimum atomic E-state index is -4.99. The largest absolute Gasteiger partial charge is 0.417 e. The van der Waals surface area contributed by atoms with E-state index < -0.39 is 11.7 Å². The van der Waals surface area contributed by atoms with Crippen molar-refractivity contribution in [2.24, 2.45) is 0 Å². The van der Waals surface area contributed by atoms with Gasteiger partial charge in [0.15, 0.2) is 0 Å². The van der Waals surface area contributed by atoms with Crippen LogP contribution in [0, 0.1) is 113 Å². The summed E-state index contributed by atoms with van der Waals surface area (Å²) in [5.74, 6) is 0. The Kier molecular flexibility index (Phi) is 12.9. The zero-order valence-electron chi connectivity index (χ0n) is 44.2. The molecule has 0 saturated carbocycles. The number of fused-ring (bicyclic) bond motifs is 6. The second-order valence-corrected chi connectivity index (χ2v) is 19.9. The summed E-state index contributed by atoms with van der Waals surface area (Å²) in [6.45, 7) is 0. The van der Waals surface area contributed by atoms with Gasteiger partial charge in [-0.25, -0.2) is 0 Å². The number of aromatic nitrogens is 2. The summed E-state index contributed by atoms with van der Waals surface area (Å²) in [6, 6.07) is 67.9. The van der Waals surface area contributed by atoms with Gasteiger partial charge in [-0.15, -0.1) is 0 Å². The lowest BCUT2D eigenvalue weighted by Gasteiger charge is -2.20. The van der Waals surface area contributed by atoms with Gasteiger partial charge < -0.3 is 9.13 Å². The first-order valence-corrected chi connectivity index (χ1v) is 25.9. The standard InChI is InChI=1S/C71H29F3N12/c72-71(73,74)64-23-44(34-79)5-14-58(64)49-28-69(85-65-15-6-45(54-10-1-40(30-75)19-50(54)35-80)24-59(65)60-25-46(7-16-66(60)85)55-11-2-41(31-76)20-51(55)36-81)63(39-84)70(29-49)86-67-17-8-47(56-12-3-42(32-77)21-52(56)37-82)26-61(67)62-27-48(9-18-68(62)86)57-13-4-43(33-78)22-53(57)38-83/h1-29H. The van der Waals surface area contributed by atoms with Crippen LogP contribution in [-0.2, 0) is 6.18 Å². The molecular weight excluding hydrogens is 1080 g/mol. The highest BCUT2D eigenvalue weighted by atomic mass is 19.4. The van der Waals surface area contributed by atoms with E-state index in [2.05, 4.69) is 54.6 Å². The third kappa shape index (κ3) is 8.73. The molecule has 0 aliphatic carbocycles. The number of hydrogen-bond donors (Lipinski definition) is 0. The van der Waals surface area contributed by atoms with Gasteiger partial charge in [0.2, 0.25) is 0 Å². The Labute approximate surface area is 487 Å². The average Bonchev–Trinajstić information content (AvgIpc) is 1.68. The Morgan fingerprint density at radius 1 is 0.267 bits per heavy atom. The van der Waals surface area contributed by atoms with Crippen molar-refractivity contribution < 1.29 is 13.2 Å². The zero-order chi connectivity index (χ0) is 60.1. The summed E-state index contributed by atoms with van der Waals surface area (Å²) in [7, 11) is 0. The molecule has 0 aliphatic heterocycles. The Morgan fingerprint density at radius 2 is 0.547 bits per heavy atom. The van der Waals surface area contributed by atoms with Crippen LogP contribution in [0.5, 0.6) is 0 Å². The van der Waals surface area contributed by atoms with Gasteiger partial charge >= 0.3 is 6.18 Å². The highest BCUT2D eigenvalue weighted by Crippen LogP contribution is 2.46. The van der Waals surface area contributed by atoms with Crippen LogP contribution in [-0.4, -0.2) is 9.13 Å². The minimum Gasteiger partial charge on any atom is -0.308 e. The van der Waals surface area contributed by atoms with Gasteiger partial charge in [0.1, 0.15) is 11.6 Å². The van der Waals surface area contributed by atoms with E-state index in [9.17, 15) is 52.6 Å². The van der Waals surface area contributed by atoms with Crippen molar-refractivity contribution in [3.63, 3.8) is 0 Å². The summed E-state index contributed by atoms with van der Waals surface area (Å²) >= 11 is 0. The lowest BCUT2D eigenvalue weighted by Crippen LogP contribution is -2.09. The topological polar surface area (TPSA) is 248 Å². The molecule has 0 aliphatic rings. The fourth-order valence-electron chi connectivity index (χ4n) is 11.4. The number of nitriles is 10. The van der Waals surface area contributed by atoms with E-state index in [4.69, 9.17) is 0 Å². The third-order valence-electron chi connectivity index (χ3n) is 15.3. The van der Waals surface area contributed by atoms with Crippen molar-refractivity contribution in [3.05, 3.63) is 237 Å². The molecule has 15 heteroatoms. The molecule has 0 atom stereocenters. The summed E-state index contributed by atoms with van der Waals surface area (Å²) in [5.41, 5.74) is 6.58. The van der Waals surface area contributed by atoms with Crippen LogP contribution in [0.2, 0.25) is 0 Å². The molecule has 2 heterocycles. The molecule has 0 fully saturated rings. The predicted octanol–water partition coefficient (Wildman–Crippen LogP) is 16.0. The average molecular weight is 1110 g/mol. The SMILES string of the molecule is N#Cc1ccc(-c2ccc3c(c2)c2cc(-c4ccc(C#N)cc4C#N)ccc2n3-c2cc(-c3ccc(C#N)cc3C(F)(F)F)cc(-n3c4ccc(-c5ccc(C#N)cc5C#N)cc4c4cc(-c5ccc(C#N)cc5C#N)ccc43)c2C#N)c(C#N)c1. The van der Waals surface area contributed by atoms with Crippen molar-refractivity contribution in [3.8, 4) is 128 Å². The maximum Gasteiger partial charge on any atom is 0.417 e. The molecular formula is C71H29F3N12. The highest BCUT2D eigenvalue weighted by molar-refractivity contribution is 6.14. The quantitative estimate of drug-likeness (QED) is 0.146. The first-order chi connectivity index (χ1) is 41.8. The van der Waals surface area contributed by atoms with E-state index in [-0.39, 0.29) is 78.1 Å².